The van der Waals surface area contributed by atoms with Crippen molar-refractivity contribution in [3.63, 3.8) is 0 Å². The highest BCUT2D eigenvalue weighted by molar-refractivity contribution is 5.36. The zero-order valence-electron chi connectivity index (χ0n) is 9.89. The Bertz CT molecular complexity index is 317. The van der Waals surface area contributed by atoms with Gasteiger partial charge in [0.25, 0.3) is 0 Å². The lowest BCUT2D eigenvalue weighted by molar-refractivity contribution is -0.152. The number of hydroxylamine groups is 2. The van der Waals surface area contributed by atoms with Crippen LogP contribution in [0.1, 0.15) is 13.3 Å². The third-order valence-corrected chi connectivity index (χ3v) is 3.02. The fraction of sp³-hybridized carbons (Fsp3) is 0.583. The van der Waals surface area contributed by atoms with Crippen LogP contribution in [0.25, 0.3) is 0 Å². The molecule has 4 nitrogen and oxygen atoms in total. The zero-order valence-corrected chi connectivity index (χ0v) is 9.89. The van der Waals surface area contributed by atoms with Crippen LogP contribution in [-0.2, 0) is 4.84 Å². The molecule has 0 aliphatic carbocycles. The molecule has 1 unspecified atom stereocenters. The van der Waals surface area contributed by atoms with Crippen LogP contribution in [0.5, 0.6) is 0 Å². The van der Waals surface area contributed by atoms with Crippen LogP contribution in [0.15, 0.2) is 18.3 Å². The molecule has 1 aromatic heterocycles. The topological polar surface area (TPSA) is 28.6 Å². The third kappa shape index (κ3) is 2.51. The first kappa shape index (κ1) is 11.4. The first-order valence-electron chi connectivity index (χ1n) is 5.69. The van der Waals surface area contributed by atoms with Gasteiger partial charge >= 0.3 is 0 Å². The molecule has 0 amide bonds. The fourth-order valence-corrected chi connectivity index (χ4v) is 2.01. The third-order valence-electron chi connectivity index (χ3n) is 3.02. The minimum Gasteiger partial charge on any atom is -0.355 e. The predicted molar refractivity (Wildman–Crippen MR) is 63.1 cm³/mol. The Kier molecular flexibility index (Phi) is 3.74. The van der Waals surface area contributed by atoms with Crippen molar-refractivity contribution in [1.82, 2.24) is 10.0 Å². The molecule has 0 spiro atoms. The molecule has 2 heterocycles. The minimum atomic E-state index is 0.457. The summed E-state index contributed by atoms with van der Waals surface area (Å²) in [5.74, 6) is 0.938. The van der Waals surface area contributed by atoms with Crippen molar-refractivity contribution in [2.24, 2.45) is 0 Å². The average molecular weight is 220 g/mol. The summed E-state index contributed by atoms with van der Waals surface area (Å²) in [7, 11) is 1.74. The van der Waals surface area contributed by atoms with Gasteiger partial charge in [-0.15, -0.1) is 0 Å². The number of hydrogen-bond acceptors (Lipinski definition) is 4. The van der Waals surface area contributed by atoms with Crippen molar-refractivity contribution in [3.05, 3.63) is 24.4 Å². The Labute approximate surface area is 96.8 Å². The maximum Gasteiger partial charge on any atom is 0.136 e. The van der Waals surface area contributed by atoms with Gasteiger partial charge in [0.2, 0.25) is 0 Å². The first-order chi connectivity index (χ1) is 7.81. The highest BCUT2D eigenvalue weighted by Gasteiger charge is 2.21. The number of aromatic nitrogens is 1. The second-order valence-electron chi connectivity index (χ2n) is 4.05. The van der Waals surface area contributed by atoms with Crippen molar-refractivity contribution < 1.29 is 4.84 Å². The Morgan fingerprint density at radius 1 is 1.44 bits per heavy atom. The molecule has 1 radical (unpaired) electrons. The van der Waals surface area contributed by atoms with Crippen LogP contribution in [0, 0.1) is 6.07 Å². The van der Waals surface area contributed by atoms with E-state index in [4.69, 9.17) is 4.84 Å². The van der Waals surface area contributed by atoms with E-state index in [1.54, 1.807) is 7.11 Å². The molecule has 0 saturated carbocycles. The molecular weight excluding hydrogens is 202 g/mol. The van der Waals surface area contributed by atoms with Gasteiger partial charge in [0.15, 0.2) is 0 Å². The van der Waals surface area contributed by atoms with E-state index in [2.05, 4.69) is 22.9 Å². The van der Waals surface area contributed by atoms with Crippen molar-refractivity contribution in [3.8, 4) is 0 Å². The highest BCUT2D eigenvalue weighted by Crippen LogP contribution is 2.15. The molecule has 1 fully saturated rings. The van der Waals surface area contributed by atoms with E-state index in [0.29, 0.717) is 6.04 Å². The number of rotatable bonds is 2. The minimum absolute atomic E-state index is 0.457. The second kappa shape index (κ2) is 5.27. The maximum atomic E-state index is 5.34. The summed E-state index contributed by atoms with van der Waals surface area (Å²) in [5.41, 5.74) is 0. The van der Waals surface area contributed by atoms with Crippen LogP contribution in [0.2, 0.25) is 0 Å². The molecule has 0 N–H and O–H groups in total. The summed E-state index contributed by atoms with van der Waals surface area (Å²) in [5, 5.41) is 2.03. The highest BCUT2D eigenvalue weighted by atomic mass is 16.7. The van der Waals surface area contributed by atoms with Crippen LogP contribution >= 0.6 is 0 Å². The van der Waals surface area contributed by atoms with Crippen molar-refractivity contribution >= 4 is 5.82 Å². The number of hydrogen-bond donors (Lipinski definition) is 0. The van der Waals surface area contributed by atoms with Gasteiger partial charge in [0.05, 0.1) is 7.11 Å². The van der Waals surface area contributed by atoms with Gasteiger partial charge in [0.1, 0.15) is 5.82 Å². The van der Waals surface area contributed by atoms with E-state index in [1.165, 1.54) is 0 Å². The molecule has 1 atom stereocenters. The molecule has 1 aliphatic heterocycles. The molecule has 16 heavy (non-hydrogen) atoms. The van der Waals surface area contributed by atoms with Crippen LogP contribution < -0.4 is 4.90 Å². The van der Waals surface area contributed by atoms with Gasteiger partial charge < -0.3 is 9.74 Å². The smallest absolute Gasteiger partial charge is 0.136 e. The molecule has 1 aliphatic rings. The van der Waals surface area contributed by atoms with E-state index in [-0.39, 0.29) is 0 Å². The normalized spacial score (nSPS) is 23.1. The van der Waals surface area contributed by atoms with Crippen LogP contribution in [0.4, 0.5) is 5.82 Å². The summed E-state index contributed by atoms with van der Waals surface area (Å²) in [4.78, 5) is 11.9. The molecule has 0 aromatic carbocycles. The van der Waals surface area contributed by atoms with E-state index in [0.717, 1.165) is 31.9 Å². The largest absolute Gasteiger partial charge is 0.355 e. The summed E-state index contributed by atoms with van der Waals surface area (Å²) in [6.07, 6.45) is 2.90. The fourth-order valence-electron chi connectivity index (χ4n) is 2.01. The van der Waals surface area contributed by atoms with Gasteiger partial charge in [-0.25, -0.2) is 4.98 Å². The summed E-state index contributed by atoms with van der Waals surface area (Å²) >= 11 is 0. The lowest BCUT2D eigenvalue weighted by Crippen LogP contribution is -2.33. The molecular formula is C12H18N3O. The number of anilines is 1. The van der Waals surface area contributed by atoms with E-state index in [1.807, 2.05) is 23.4 Å². The summed E-state index contributed by atoms with van der Waals surface area (Å²) in [6, 6.07) is 7.43. The van der Waals surface area contributed by atoms with E-state index < -0.39 is 0 Å². The van der Waals surface area contributed by atoms with Crippen molar-refractivity contribution in [2.45, 2.75) is 19.4 Å². The molecule has 2 rings (SSSR count). The van der Waals surface area contributed by atoms with Crippen molar-refractivity contribution in [1.29, 1.82) is 0 Å². The van der Waals surface area contributed by atoms with E-state index in [9.17, 15) is 0 Å². The maximum absolute atomic E-state index is 5.34. The first-order valence-corrected chi connectivity index (χ1v) is 5.69. The van der Waals surface area contributed by atoms with Gasteiger partial charge in [-0.05, 0) is 25.5 Å². The number of pyridine rings is 1. The Morgan fingerprint density at radius 3 is 3.00 bits per heavy atom. The van der Waals surface area contributed by atoms with Crippen LogP contribution in [-0.4, -0.2) is 42.8 Å². The predicted octanol–water partition coefficient (Wildman–Crippen LogP) is 1.34. The van der Waals surface area contributed by atoms with Crippen molar-refractivity contribution in [2.75, 3.05) is 31.6 Å². The molecule has 1 aromatic rings. The van der Waals surface area contributed by atoms with Gasteiger partial charge in [-0.2, -0.15) is 5.06 Å². The Hall–Kier alpha value is -1.13. The zero-order chi connectivity index (χ0) is 11.4. The summed E-state index contributed by atoms with van der Waals surface area (Å²) < 4.78 is 0. The average Bonchev–Trinajstić information content (AvgIpc) is 2.52. The van der Waals surface area contributed by atoms with Gasteiger partial charge in [-0.3, -0.25) is 0 Å². The molecule has 0 bridgehead atoms. The monoisotopic (exact) mass is 220 g/mol. The molecule has 1 saturated heterocycles. The van der Waals surface area contributed by atoms with E-state index >= 15 is 0 Å². The SMILES string of the molecule is CON1CCN(c2[c]cccn2)CCC1C. The molecule has 87 valence electrons. The Morgan fingerprint density at radius 2 is 2.31 bits per heavy atom. The number of nitrogens with zero attached hydrogens (tertiary/aromatic N) is 3. The van der Waals surface area contributed by atoms with Gasteiger partial charge in [0, 0.05) is 37.9 Å². The Balaban J connectivity index is 2.04. The quantitative estimate of drug-likeness (QED) is 0.752. The second-order valence-corrected chi connectivity index (χ2v) is 4.05. The lowest BCUT2D eigenvalue weighted by Gasteiger charge is -2.23. The standard InChI is InChI=1S/C12H18N3O/c1-11-6-8-14(9-10-15(11)16-2)12-5-3-4-7-13-12/h3-4,7,11H,6,8-10H2,1-2H3. The van der Waals surface area contributed by atoms with Crippen LogP contribution in [0.3, 0.4) is 0 Å². The van der Waals surface area contributed by atoms with Gasteiger partial charge in [-0.1, -0.05) is 0 Å². The molecule has 4 heteroatoms. The lowest BCUT2D eigenvalue weighted by atomic mass is 10.2. The summed E-state index contributed by atoms with van der Waals surface area (Å²) in [6.45, 7) is 5.04.